The Labute approximate surface area is 157 Å². The molecule has 1 N–H and O–H groups in total. The molecule has 0 radical (unpaired) electrons. The molecule has 2 aliphatic rings. The minimum Gasteiger partial charge on any atom is -0.441 e. The summed E-state index contributed by atoms with van der Waals surface area (Å²) in [6.07, 6.45) is 4.18. The monoisotopic (exact) mass is 367 g/mol. The number of benzene rings is 1. The summed E-state index contributed by atoms with van der Waals surface area (Å²) in [7, 11) is 0. The Hall–Kier alpha value is -2.47. The van der Waals surface area contributed by atoms with Gasteiger partial charge < -0.3 is 14.6 Å². The van der Waals surface area contributed by atoms with Crippen LogP contribution in [0.1, 0.15) is 29.7 Å². The molecule has 0 spiro atoms. The van der Waals surface area contributed by atoms with Crippen LogP contribution in [0.15, 0.2) is 44.6 Å². The molecular weight excluding hydrogens is 346 g/mol. The smallest absolute Gasteiger partial charge is 0.264 e. The summed E-state index contributed by atoms with van der Waals surface area (Å²) in [5, 5.41) is 3.42. The van der Waals surface area contributed by atoms with Crippen LogP contribution in [0.2, 0.25) is 0 Å². The molecule has 0 bridgehead atoms. The SMILES string of the molecule is Cc1ccc(N=C2NC(=O)C(=Cc3ccc(N4CCCC4)o3)S2)cc1C. The van der Waals surface area contributed by atoms with Gasteiger partial charge in [0.1, 0.15) is 5.76 Å². The van der Waals surface area contributed by atoms with E-state index in [0.717, 1.165) is 24.7 Å². The zero-order valence-corrected chi connectivity index (χ0v) is 15.7. The Morgan fingerprint density at radius 1 is 1.15 bits per heavy atom. The number of nitrogens with one attached hydrogen (secondary N) is 1. The summed E-state index contributed by atoms with van der Waals surface area (Å²) in [5.74, 6) is 1.43. The molecule has 1 aromatic carbocycles. The molecule has 0 unspecified atom stereocenters. The minimum atomic E-state index is -0.142. The van der Waals surface area contributed by atoms with Crippen molar-refractivity contribution in [2.24, 2.45) is 4.99 Å². The first-order valence-electron chi connectivity index (χ1n) is 8.80. The van der Waals surface area contributed by atoms with Crippen molar-refractivity contribution in [2.45, 2.75) is 26.7 Å². The first-order valence-corrected chi connectivity index (χ1v) is 9.62. The lowest BCUT2D eigenvalue weighted by Crippen LogP contribution is -2.19. The van der Waals surface area contributed by atoms with Gasteiger partial charge in [-0.3, -0.25) is 4.79 Å². The van der Waals surface area contributed by atoms with E-state index in [1.165, 1.54) is 35.7 Å². The van der Waals surface area contributed by atoms with Crippen LogP contribution >= 0.6 is 11.8 Å². The van der Waals surface area contributed by atoms with Crippen molar-refractivity contribution in [3.63, 3.8) is 0 Å². The van der Waals surface area contributed by atoms with Crippen molar-refractivity contribution in [1.82, 2.24) is 5.32 Å². The molecule has 1 amide bonds. The molecule has 4 rings (SSSR count). The number of aliphatic imine (C=N–C) groups is 1. The molecule has 2 saturated heterocycles. The third-order valence-corrected chi connectivity index (χ3v) is 5.59. The number of carbonyl (C=O) groups excluding carboxylic acids is 1. The maximum atomic E-state index is 12.2. The predicted octanol–water partition coefficient (Wildman–Crippen LogP) is 4.39. The summed E-state index contributed by atoms with van der Waals surface area (Å²) < 4.78 is 5.88. The van der Waals surface area contributed by atoms with E-state index >= 15 is 0 Å². The van der Waals surface area contributed by atoms with Gasteiger partial charge in [-0.2, -0.15) is 0 Å². The number of rotatable bonds is 3. The highest BCUT2D eigenvalue weighted by Crippen LogP contribution is 2.30. The molecule has 1 aromatic heterocycles. The van der Waals surface area contributed by atoms with Crippen molar-refractivity contribution < 1.29 is 9.21 Å². The minimum absolute atomic E-state index is 0.142. The predicted molar refractivity (Wildman–Crippen MR) is 107 cm³/mol. The second kappa shape index (κ2) is 7.03. The van der Waals surface area contributed by atoms with Gasteiger partial charge in [-0.05, 0) is 67.8 Å². The number of amidine groups is 1. The largest absolute Gasteiger partial charge is 0.441 e. The molecule has 2 fully saturated rings. The molecule has 6 heteroatoms. The number of aryl methyl sites for hydroxylation is 2. The average Bonchev–Trinajstić information content (AvgIpc) is 3.33. The molecule has 2 aromatic rings. The van der Waals surface area contributed by atoms with Gasteiger partial charge >= 0.3 is 0 Å². The van der Waals surface area contributed by atoms with Crippen molar-refractivity contribution in [1.29, 1.82) is 0 Å². The fourth-order valence-electron chi connectivity index (χ4n) is 3.05. The Balaban J connectivity index is 1.51. The van der Waals surface area contributed by atoms with Gasteiger partial charge in [0.05, 0.1) is 10.6 Å². The number of amides is 1. The van der Waals surface area contributed by atoms with Crippen LogP contribution in [0.3, 0.4) is 0 Å². The fraction of sp³-hybridized carbons (Fsp3) is 0.300. The molecule has 2 aliphatic heterocycles. The van der Waals surface area contributed by atoms with E-state index in [2.05, 4.69) is 29.1 Å². The molecule has 3 heterocycles. The quantitative estimate of drug-likeness (QED) is 0.818. The first kappa shape index (κ1) is 17.0. The van der Waals surface area contributed by atoms with Gasteiger partial charge in [-0.25, -0.2) is 4.99 Å². The van der Waals surface area contributed by atoms with Gasteiger partial charge in [0.15, 0.2) is 11.1 Å². The van der Waals surface area contributed by atoms with Crippen LogP contribution in [0.25, 0.3) is 6.08 Å². The van der Waals surface area contributed by atoms with Crippen molar-refractivity contribution >= 4 is 40.5 Å². The van der Waals surface area contributed by atoms with Crippen LogP contribution in [-0.2, 0) is 4.79 Å². The Morgan fingerprint density at radius 2 is 1.96 bits per heavy atom. The van der Waals surface area contributed by atoms with E-state index in [1.54, 1.807) is 6.08 Å². The van der Waals surface area contributed by atoms with Crippen LogP contribution in [0.4, 0.5) is 11.6 Å². The lowest BCUT2D eigenvalue weighted by molar-refractivity contribution is -0.115. The van der Waals surface area contributed by atoms with Gasteiger partial charge in [-0.1, -0.05) is 6.07 Å². The highest BCUT2D eigenvalue weighted by atomic mass is 32.2. The van der Waals surface area contributed by atoms with Gasteiger partial charge in [0.2, 0.25) is 0 Å². The molecule has 5 nitrogen and oxygen atoms in total. The molecule has 26 heavy (non-hydrogen) atoms. The van der Waals surface area contributed by atoms with Crippen LogP contribution in [0.5, 0.6) is 0 Å². The van der Waals surface area contributed by atoms with Gasteiger partial charge in [0.25, 0.3) is 5.91 Å². The van der Waals surface area contributed by atoms with Gasteiger partial charge in [-0.15, -0.1) is 0 Å². The second-order valence-corrected chi connectivity index (χ2v) is 7.65. The second-order valence-electron chi connectivity index (χ2n) is 6.62. The summed E-state index contributed by atoms with van der Waals surface area (Å²) in [6, 6.07) is 9.89. The topological polar surface area (TPSA) is 57.8 Å². The van der Waals surface area contributed by atoms with Crippen LogP contribution < -0.4 is 10.2 Å². The molecule has 0 atom stereocenters. The fourth-order valence-corrected chi connectivity index (χ4v) is 3.87. The van der Waals surface area contributed by atoms with Crippen molar-refractivity contribution in [2.75, 3.05) is 18.0 Å². The Kier molecular flexibility index (Phi) is 4.59. The van der Waals surface area contributed by atoms with E-state index in [1.807, 2.05) is 30.3 Å². The van der Waals surface area contributed by atoms with E-state index < -0.39 is 0 Å². The summed E-state index contributed by atoms with van der Waals surface area (Å²) in [5.41, 5.74) is 3.25. The number of anilines is 1. The Morgan fingerprint density at radius 3 is 2.73 bits per heavy atom. The summed E-state index contributed by atoms with van der Waals surface area (Å²) in [6.45, 7) is 6.19. The van der Waals surface area contributed by atoms with Crippen LogP contribution in [-0.4, -0.2) is 24.2 Å². The molecular formula is C20H21N3O2S. The van der Waals surface area contributed by atoms with Gasteiger partial charge in [0, 0.05) is 25.2 Å². The van der Waals surface area contributed by atoms with E-state index in [9.17, 15) is 4.79 Å². The number of hydrogen-bond donors (Lipinski definition) is 1. The van der Waals surface area contributed by atoms with E-state index in [-0.39, 0.29) is 5.91 Å². The van der Waals surface area contributed by atoms with Crippen molar-refractivity contribution in [3.05, 3.63) is 52.1 Å². The third kappa shape index (κ3) is 3.55. The number of carbonyl (C=O) groups is 1. The normalized spacial score (nSPS) is 20.4. The standard InChI is InChI=1S/C20H21N3O2S/c1-13-5-6-15(11-14(13)2)21-20-22-19(24)17(26-20)12-16-7-8-18(25-16)23-9-3-4-10-23/h5-8,11-12H,3-4,9-10H2,1-2H3,(H,21,22,24). The molecule has 134 valence electrons. The maximum absolute atomic E-state index is 12.2. The maximum Gasteiger partial charge on any atom is 0.264 e. The average molecular weight is 367 g/mol. The summed E-state index contributed by atoms with van der Waals surface area (Å²) in [4.78, 5) is 19.6. The summed E-state index contributed by atoms with van der Waals surface area (Å²) >= 11 is 1.34. The lowest BCUT2D eigenvalue weighted by atomic mass is 10.1. The highest BCUT2D eigenvalue weighted by Gasteiger charge is 2.24. The molecule has 0 aliphatic carbocycles. The third-order valence-electron chi connectivity index (χ3n) is 4.68. The number of thioether (sulfide) groups is 1. The molecule has 0 saturated carbocycles. The lowest BCUT2D eigenvalue weighted by Gasteiger charge is -2.12. The van der Waals surface area contributed by atoms with Crippen LogP contribution in [0, 0.1) is 13.8 Å². The van der Waals surface area contributed by atoms with E-state index in [4.69, 9.17) is 4.42 Å². The van der Waals surface area contributed by atoms with Crippen molar-refractivity contribution in [3.8, 4) is 0 Å². The number of nitrogens with zero attached hydrogens (tertiary/aromatic N) is 2. The Bertz CT molecular complexity index is 908. The zero-order valence-electron chi connectivity index (χ0n) is 14.9. The number of furan rings is 1. The highest BCUT2D eigenvalue weighted by molar-refractivity contribution is 8.18. The number of hydrogen-bond acceptors (Lipinski definition) is 5. The first-order chi connectivity index (χ1) is 12.6. The van der Waals surface area contributed by atoms with E-state index in [0.29, 0.717) is 15.8 Å². The zero-order chi connectivity index (χ0) is 18.1.